The van der Waals surface area contributed by atoms with Gasteiger partial charge in [-0.1, -0.05) is 18.2 Å². The standard InChI is InChI=1S/C28H29FN6O4/c1-15(2)34-35-28-32-23(25(36)30-14-17-5-9-21(29)16(3)11-17)13-24(33-28)26(37)31-22-10-7-18-12-19(27(38)39-4)6-8-20(18)22/h5-6,8-9,11-13,22H,7,10,14H2,1-4H3,(H,30,36)(H,31,37)(H,32,33,35)/t22-/m0/s1. The Balaban J connectivity index is 1.53. The molecule has 1 heterocycles. The number of amides is 2. The Morgan fingerprint density at radius 3 is 2.49 bits per heavy atom. The number of carbonyl (C=O) groups is 3. The molecule has 4 rings (SSSR count). The number of ether oxygens (including phenoxy) is 1. The predicted molar refractivity (Wildman–Crippen MR) is 143 cm³/mol. The van der Waals surface area contributed by atoms with Gasteiger partial charge in [0.05, 0.1) is 18.7 Å². The molecule has 0 bridgehead atoms. The molecule has 1 aliphatic carbocycles. The third kappa shape index (κ3) is 6.61. The molecule has 3 aromatic rings. The van der Waals surface area contributed by atoms with Crippen molar-refractivity contribution < 1.29 is 23.5 Å². The summed E-state index contributed by atoms with van der Waals surface area (Å²) < 4.78 is 18.4. The van der Waals surface area contributed by atoms with Crippen molar-refractivity contribution in [3.8, 4) is 0 Å². The SMILES string of the molecule is COC(=O)c1ccc2c(c1)CC[C@@H]2NC(=O)c1cc(C(=O)NCc2ccc(F)c(C)c2)nc(NN=C(C)C)n1. The lowest BCUT2D eigenvalue weighted by molar-refractivity contribution is 0.0600. The number of methoxy groups -OCH3 is 1. The Hall–Kier alpha value is -4.67. The van der Waals surface area contributed by atoms with Crippen LogP contribution in [0.4, 0.5) is 10.3 Å². The van der Waals surface area contributed by atoms with Gasteiger partial charge in [0, 0.05) is 18.3 Å². The first-order valence-electron chi connectivity index (χ1n) is 12.4. The Kier molecular flexibility index (Phi) is 8.28. The first kappa shape index (κ1) is 27.4. The van der Waals surface area contributed by atoms with Crippen LogP contribution < -0.4 is 16.1 Å². The maximum atomic E-state index is 13.6. The Morgan fingerprint density at radius 1 is 1.05 bits per heavy atom. The lowest BCUT2D eigenvalue weighted by Crippen LogP contribution is -2.30. The van der Waals surface area contributed by atoms with Gasteiger partial charge in [-0.3, -0.25) is 9.59 Å². The largest absolute Gasteiger partial charge is 0.465 e. The summed E-state index contributed by atoms with van der Waals surface area (Å²) in [6.45, 7) is 5.33. The number of fused-ring (bicyclic) bond motifs is 1. The van der Waals surface area contributed by atoms with Crippen molar-refractivity contribution in [1.82, 2.24) is 20.6 Å². The lowest BCUT2D eigenvalue weighted by Gasteiger charge is -2.15. The lowest BCUT2D eigenvalue weighted by atomic mass is 10.0. The number of nitrogens with zero attached hydrogens (tertiary/aromatic N) is 3. The summed E-state index contributed by atoms with van der Waals surface area (Å²) in [7, 11) is 1.33. The molecular formula is C28H29FN6O4. The van der Waals surface area contributed by atoms with Gasteiger partial charge in [-0.25, -0.2) is 24.6 Å². The summed E-state index contributed by atoms with van der Waals surface area (Å²) >= 11 is 0. The third-order valence-corrected chi connectivity index (χ3v) is 6.19. The van der Waals surface area contributed by atoms with E-state index in [9.17, 15) is 18.8 Å². The predicted octanol–water partition coefficient (Wildman–Crippen LogP) is 3.87. The maximum absolute atomic E-state index is 13.6. The first-order chi connectivity index (χ1) is 18.6. The van der Waals surface area contributed by atoms with Gasteiger partial charge in [-0.2, -0.15) is 5.10 Å². The number of halogens is 1. The van der Waals surface area contributed by atoms with Crippen LogP contribution in [0, 0.1) is 12.7 Å². The molecule has 0 radical (unpaired) electrons. The van der Waals surface area contributed by atoms with E-state index in [0.29, 0.717) is 35.2 Å². The molecule has 1 aromatic heterocycles. The molecule has 10 nitrogen and oxygen atoms in total. The molecule has 11 heteroatoms. The van der Waals surface area contributed by atoms with Crippen LogP contribution in [0.15, 0.2) is 47.6 Å². The quantitative estimate of drug-likeness (QED) is 0.228. The topological polar surface area (TPSA) is 135 Å². The highest BCUT2D eigenvalue weighted by Gasteiger charge is 2.26. The fourth-order valence-corrected chi connectivity index (χ4v) is 4.23. The number of esters is 1. The van der Waals surface area contributed by atoms with Gasteiger partial charge in [-0.15, -0.1) is 0 Å². The normalized spacial score (nSPS) is 13.7. The summed E-state index contributed by atoms with van der Waals surface area (Å²) in [5.74, 6) is -1.78. The van der Waals surface area contributed by atoms with Gasteiger partial charge in [0.15, 0.2) is 0 Å². The molecule has 0 spiro atoms. The third-order valence-electron chi connectivity index (χ3n) is 6.19. The molecule has 2 amide bonds. The average molecular weight is 533 g/mol. The summed E-state index contributed by atoms with van der Waals surface area (Å²) in [6, 6.07) is 10.8. The van der Waals surface area contributed by atoms with Gasteiger partial charge in [0.1, 0.15) is 17.2 Å². The van der Waals surface area contributed by atoms with Crippen LogP contribution >= 0.6 is 0 Å². The number of anilines is 1. The van der Waals surface area contributed by atoms with Crippen LogP contribution in [0.25, 0.3) is 0 Å². The van der Waals surface area contributed by atoms with Crippen LogP contribution in [0.1, 0.15) is 79.9 Å². The van der Waals surface area contributed by atoms with Crippen molar-refractivity contribution in [3.63, 3.8) is 0 Å². The zero-order chi connectivity index (χ0) is 28.1. The molecule has 3 N–H and O–H groups in total. The van der Waals surface area contributed by atoms with Gasteiger partial charge < -0.3 is 15.4 Å². The molecule has 202 valence electrons. The second-order valence-corrected chi connectivity index (χ2v) is 9.37. The molecule has 0 saturated carbocycles. The molecular weight excluding hydrogens is 503 g/mol. The van der Waals surface area contributed by atoms with Crippen molar-refractivity contribution in [2.24, 2.45) is 5.10 Å². The maximum Gasteiger partial charge on any atom is 0.337 e. The number of nitrogens with one attached hydrogen (secondary N) is 3. The van der Waals surface area contributed by atoms with E-state index in [1.165, 1.54) is 19.2 Å². The first-order valence-corrected chi connectivity index (χ1v) is 12.4. The van der Waals surface area contributed by atoms with Crippen molar-refractivity contribution in [3.05, 3.63) is 87.5 Å². The van der Waals surface area contributed by atoms with Gasteiger partial charge >= 0.3 is 5.97 Å². The molecule has 0 saturated heterocycles. The summed E-state index contributed by atoms with van der Waals surface area (Å²) in [5, 5.41) is 9.78. The highest BCUT2D eigenvalue weighted by Crippen LogP contribution is 2.32. The molecule has 0 unspecified atom stereocenters. The van der Waals surface area contributed by atoms with Gasteiger partial charge in [0.25, 0.3) is 11.8 Å². The molecule has 0 aliphatic heterocycles. The van der Waals surface area contributed by atoms with Crippen LogP contribution in [0.2, 0.25) is 0 Å². The zero-order valence-corrected chi connectivity index (χ0v) is 22.1. The monoisotopic (exact) mass is 532 g/mol. The van der Waals surface area contributed by atoms with E-state index < -0.39 is 17.8 Å². The molecule has 1 atom stereocenters. The number of hydrogen-bond donors (Lipinski definition) is 3. The molecule has 2 aromatic carbocycles. The van der Waals surface area contributed by atoms with Crippen molar-refractivity contribution in [2.45, 2.75) is 46.2 Å². The van der Waals surface area contributed by atoms with E-state index in [1.54, 1.807) is 51.1 Å². The van der Waals surface area contributed by atoms with E-state index >= 15 is 0 Å². The molecule has 0 fully saturated rings. The second kappa shape index (κ2) is 11.8. The minimum Gasteiger partial charge on any atom is -0.465 e. The minimum absolute atomic E-state index is 0.0128. The Morgan fingerprint density at radius 2 is 1.79 bits per heavy atom. The van der Waals surface area contributed by atoms with Gasteiger partial charge in [-0.05, 0) is 74.1 Å². The summed E-state index contributed by atoms with van der Waals surface area (Å²) in [5.41, 5.74) is 6.82. The van der Waals surface area contributed by atoms with E-state index in [4.69, 9.17) is 4.74 Å². The van der Waals surface area contributed by atoms with Crippen molar-refractivity contribution in [2.75, 3.05) is 12.5 Å². The smallest absolute Gasteiger partial charge is 0.337 e. The Bertz CT molecular complexity index is 1470. The number of aromatic nitrogens is 2. The molecule has 39 heavy (non-hydrogen) atoms. The Labute approximate surface area is 225 Å². The van der Waals surface area contributed by atoms with Crippen LogP contribution in [0.3, 0.4) is 0 Å². The highest BCUT2D eigenvalue weighted by atomic mass is 19.1. The van der Waals surface area contributed by atoms with Crippen LogP contribution in [0.5, 0.6) is 0 Å². The van der Waals surface area contributed by atoms with Crippen LogP contribution in [-0.2, 0) is 17.7 Å². The second-order valence-electron chi connectivity index (χ2n) is 9.37. The van der Waals surface area contributed by atoms with Gasteiger partial charge in [0.2, 0.25) is 5.95 Å². The number of hydrogen-bond acceptors (Lipinski definition) is 8. The number of aryl methyl sites for hydroxylation is 2. The van der Waals surface area contributed by atoms with Crippen molar-refractivity contribution in [1.29, 1.82) is 0 Å². The summed E-state index contributed by atoms with van der Waals surface area (Å²) in [4.78, 5) is 46.5. The number of benzene rings is 2. The highest BCUT2D eigenvalue weighted by molar-refractivity contribution is 5.98. The van der Waals surface area contributed by atoms with Crippen molar-refractivity contribution >= 4 is 29.4 Å². The van der Waals surface area contributed by atoms with E-state index in [1.807, 2.05) is 0 Å². The number of carbonyl (C=O) groups excluding carboxylic acids is 3. The zero-order valence-electron chi connectivity index (χ0n) is 22.1. The van der Waals surface area contributed by atoms with E-state index in [-0.39, 0.29) is 35.7 Å². The minimum atomic E-state index is -0.532. The summed E-state index contributed by atoms with van der Waals surface area (Å²) in [6.07, 6.45) is 1.33. The fourth-order valence-electron chi connectivity index (χ4n) is 4.23. The number of hydrazone groups is 1. The number of rotatable bonds is 8. The average Bonchev–Trinajstić information content (AvgIpc) is 3.33. The van der Waals surface area contributed by atoms with Crippen LogP contribution in [-0.4, -0.2) is 40.6 Å². The molecule has 1 aliphatic rings. The van der Waals surface area contributed by atoms with E-state index in [2.05, 4.69) is 31.1 Å². The van der Waals surface area contributed by atoms with E-state index in [0.717, 1.165) is 11.1 Å². The fraction of sp³-hybridized carbons (Fsp3) is 0.286.